The SMILES string of the molecule is Cn1c(=O)n(C)c2cc(Nc3nc(Nc4cccc(S(N)(=O)=O)c4)ncc3F)ccc21. The standard InChI is InChI=1S/C19H18FN7O3S/c1-26-15-7-6-12(9-16(15)27(2)19(26)28)23-17-14(20)10-22-18(25-17)24-11-4-3-5-13(8-11)31(21,29)30/h3-10H,1-2H3,(H2,21,29,30)(H2,22,23,24,25). The number of hydrogen-bond acceptors (Lipinski definition) is 7. The van der Waals surface area contributed by atoms with Crippen molar-refractivity contribution in [1.29, 1.82) is 0 Å². The highest BCUT2D eigenvalue weighted by molar-refractivity contribution is 7.89. The van der Waals surface area contributed by atoms with Gasteiger partial charge in [-0.1, -0.05) is 6.07 Å². The molecule has 4 aromatic rings. The average molecular weight is 443 g/mol. The Balaban J connectivity index is 1.64. The Morgan fingerprint density at radius 2 is 1.71 bits per heavy atom. The quantitative estimate of drug-likeness (QED) is 0.429. The van der Waals surface area contributed by atoms with Crippen molar-refractivity contribution in [2.45, 2.75) is 4.90 Å². The number of nitrogens with two attached hydrogens (primary N) is 1. The first-order valence-corrected chi connectivity index (χ1v) is 10.5. The molecule has 12 heteroatoms. The second-order valence-corrected chi connectivity index (χ2v) is 8.38. The molecule has 4 N–H and O–H groups in total. The van der Waals surface area contributed by atoms with Gasteiger partial charge in [-0.25, -0.2) is 27.7 Å². The zero-order valence-corrected chi connectivity index (χ0v) is 17.3. The van der Waals surface area contributed by atoms with Crippen LogP contribution >= 0.6 is 0 Å². The summed E-state index contributed by atoms with van der Waals surface area (Å²) in [5.41, 5.74) is 2.12. The number of fused-ring (bicyclic) bond motifs is 1. The maximum atomic E-state index is 14.3. The molecule has 0 saturated carbocycles. The zero-order chi connectivity index (χ0) is 22.3. The number of aromatic nitrogens is 4. The molecule has 0 aliphatic rings. The van der Waals surface area contributed by atoms with Gasteiger partial charge in [-0.3, -0.25) is 9.13 Å². The van der Waals surface area contributed by atoms with Crippen LogP contribution in [0.2, 0.25) is 0 Å². The normalized spacial score (nSPS) is 11.6. The predicted molar refractivity (Wildman–Crippen MR) is 115 cm³/mol. The van der Waals surface area contributed by atoms with Crippen molar-refractivity contribution in [3.63, 3.8) is 0 Å². The van der Waals surface area contributed by atoms with Gasteiger partial charge in [-0.05, 0) is 36.4 Å². The monoisotopic (exact) mass is 443 g/mol. The molecule has 0 bridgehead atoms. The molecule has 0 radical (unpaired) electrons. The average Bonchev–Trinajstić information content (AvgIpc) is 2.94. The summed E-state index contributed by atoms with van der Waals surface area (Å²) in [5.74, 6) is -0.741. The number of halogens is 1. The largest absolute Gasteiger partial charge is 0.338 e. The number of rotatable bonds is 5. The number of sulfonamides is 1. The van der Waals surface area contributed by atoms with Crippen molar-refractivity contribution in [3.05, 3.63) is 65.0 Å². The molecule has 0 saturated heterocycles. The second-order valence-electron chi connectivity index (χ2n) is 6.82. The smallest absolute Gasteiger partial charge is 0.328 e. The van der Waals surface area contributed by atoms with Gasteiger partial charge in [0, 0.05) is 25.5 Å². The van der Waals surface area contributed by atoms with E-state index >= 15 is 0 Å². The fourth-order valence-electron chi connectivity index (χ4n) is 3.12. The van der Waals surface area contributed by atoms with E-state index in [-0.39, 0.29) is 22.4 Å². The Hall–Kier alpha value is -3.77. The molecule has 0 spiro atoms. The van der Waals surface area contributed by atoms with Crippen LogP contribution in [-0.4, -0.2) is 27.5 Å². The Kier molecular flexibility index (Phi) is 4.95. The van der Waals surface area contributed by atoms with Crippen molar-refractivity contribution >= 4 is 44.2 Å². The van der Waals surface area contributed by atoms with Gasteiger partial charge in [0.25, 0.3) is 0 Å². The van der Waals surface area contributed by atoms with Gasteiger partial charge < -0.3 is 10.6 Å². The molecule has 2 heterocycles. The maximum Gasteiger partial charge on any atom is 0.328 e. The molecule has 4 rings (SSSR count). The summed E-state index contributed by atoms with van der Waals surface area (Å²) in [6, 6.07) is 10.9. The summed E-state index contributed by atoms with van der Waals surface area (Å²) in [7, 11) is -0.554. The number of imidazole rings is 1. The first kappa shape index (κ1) is 20.5. The molecule has 10 nitrogen and oxygen atoms in total. The number of primary sulfonamides is 1. The molecule has 0 aliphatic carbocycles. The van der Waals surface area contributed by atoms with Gasteiger partial charge in [0.05, 0.1) is 22.1 Å². The van der Waals surface area contributed by atoms with Crippen LogP contribution < -0.4 is 21.5 Å². The second kappa shape index (κ2) is 7.49. The van der Waals surface area contributed by atoms with Crippen LogP contribution in [0.25, 0.3) is 11.0 Å². The summed E-state index contributed by atoms with van der Waals surface area (Å²) in [4.78, 5) is 20.0. The van der Waals surface area contributed by atoms with Crippen molar-refractivity contribution < 1.29 is 12.8 Å². The predicted octanol–water partition coefficient (Wildman–Crippen LogP) is 1.94. The minimum atomic E-state index is -3.88. The zero-order valence-electron chi connectivity index (χ0n) is 16.5. The Morgan fingerprint density at radius 1 is 1.00 bits per heavy atom. The molecule has 0 aliphatic heterocycles. The van der Waals surface area contributed by atoms with E-state index in [4.69, 9.17) is 5.14 Å². The van der Waals surface area contributed by atoms with Gasteiger partial charge in [-0.15, -0.1) is 0 Å². The maximum absolute atomic E-state index is 14.3. The third-order valence-electron chi connectivity index (χ3n) is 4.70. The van der Waals surface area contributed by atoms with E-state index in [9.17, 15) is 17.6 Å². The van der Waals surface area contributed by atoms with Gasteiger partial charge in [0.1, 0.15) is 0 Å². The van der Waals surface area contributed by atoms with Gasteiger partial charge in [-0.2, -0.15) is 4.98 Å². The third kappa shape index (κ3) is 3.98. The van der Waals surface area contributed by atoms with Crippen LogP contribution in [0.5, 0.6) is 0 Å². The minimum Gasteiger partial charge on any atom is -0.338 e. The summed E-state index contributed by atoms with van der Waals surface area (Å²) in [6.07, 6.45) is 0.984. The van der Waals surface area contributed by atoms with Crippen LogP contribution in [0.3, 0.4) is 0 Å². The van der Waals surface area contributed by atoms with E-state index in [1.807, 2.05) is 0 Å². The molecule has 0 atom stereocenters. The van der Waals surface area contributed by atoms with E-state index in [0.29, 0.717) is 16.9 Å². The highest BCUT2D eigenvalue weighted by Gasteiger charge is 2.12. The minimum absolute atomic E-state index is 0.0451. The van der Waals surface area contributed by atoms with E-state index in [0.717, 1.165) is 11.7 Å². The Bertz CT molecular complexity index is 1480. The number of nitrogens with one attached hydrogen (secondary N) is 2. The van der Waals surface area contributed by atoms with E-state index < -0.39 is 15.8 Å². The lowest BCUT2D eigenvalue weighted by Gasteiger charge is -2.10. The van der Waals surface area contributed by atoms with E-state index in [2.05, 4.69) is 20.6 Å². The summed E-state index contributed by atoms with van der Waals surface area (Å²) in [5, 5.41) is 10.8. The lowest BCUT2D eigenvalue weighted by molar-refractivity contribution is 0.598. The van der Waals surface area contributed by atoms with Crippen LogP contribution in [0, 0.1) is 5.82 Å². The molecule has 2 aromatic heterocycles. The fraction of sp³-hybridized carbons (Fsp3) is 0.105. The first-order chi connectivity index (χ1) is 14.6. The fourth-order valence-corrected chi connectivity index (χ4v) is 3.68. The first-order valence-electron chi connectivity index (χ1n) is 8.98. The van der Waals surface area contributed by atoms with E-state index in [1.165, 1.54) is 27.3 Å². The van der Waals surface area contributed by atoms with Gasteiger partial charge >= 0.3 is 5.69 Å². The van der Waals surface area contributed by atoms with Gasteiger partial charge in [0.2, 0.25) is 16.0 Å². The molecular formula is C19H18FN7O3S. The molecule has 0 unspecified atom stereocenters. The third-order valence-corrected chi connectivity index (χ3v) is 5.61. The molecule has 0 amide bonds. The van der Waals surface area contributed by atoms with Crippen LogP contribution in [0.15, 0.2) is 58.4 Å². The number of aryl methyl sites for hydroxylation is 2. The van der Waals surface area contributed by atoms with Crippen molar-refractivity contribution in [2.24, 2.45) is 19.2 Å². The van der Waals surface area contributed by atoms with Gasteiger partial charge in [0.15, 0.2) is 11.6 Å². The lowest BCUT2D eigenvalue weighted by Crippen LogP contribution is -2.19. The Labute approximate surface area is 176 Å². The number of nitrogens with zero attached hydrogens (tertiary/aromatic N) is 4. The molecule has 31 heavy (non-hydrogen) atoms. The molecule has 2 aromatic carbocycles. The molecular weight excluding hydrogens is 425 g/mol. The van der Waals surface area contributed by atoms with Crippen LogP contribution in [0.4, 0.5) is 27.5 Å². The van der Waals surface area contributed by atoms with Crippen molar-refractivity contribution in [2.75, 3.05) is 10.6 Å². The number of hydrogen-bond donors (Lipinski definition) is 3. The van der Waals surface area contributed by atoms with Crippen LogP contribution in [-0.2, 0) is 24.1 Å². The molecule has 160 valence electrons. The number of anilines is 4. The summed E-state index contributed by atoms with van der Waals surface area (Å²) in [6.45, 7) is 0. The summed E-state index contributed by atoms with van der Waals surface area (Å²) >= 11 is 0. The highest BCUT2D eigenvalue weighted by atomic mass is 32.2. The van der Waals surface area contributed by atoms with E-state index in [1.54, 1.807) is 38.4 Å². The lowest BCUT2D eigenvalue weighted by atomic mass is 10.2. The van der Waals surface area contributed by atoms with Crippen molar-refractivity contribution in [1.82, 2.24) is 19.1 Å². The summed E-state index contributed by atoms with van der Waals surface area (Å²) < 4.78 is 40.3. The Morgan fingerprint density at radius 3 is 2.45 bits per heavy atom. The molecule has 0 fully saturated rings. The number of benzene rings is 2. The van der Waals surface area contributed by atoms with Crippen molar-refractivity contribution in [3.8, 4) is 0 Å². The van der Waals surface area contributed by atoms with Crippen LogP contribution in [0.1, 0.15) is 0 Å². The topological polar surface area (TPSA) is 137 Å². The highest BCUT2D eigenvalue weighted by Crippen LogP contribution is 2.24.